The highest BCUT2D eigenvalue weighted by atomic mass is 35.5. The van der Waals surface area contributed by atoms with Crippen molar-refractivity contribution in [3.05, 3.63) is 0 Å². The third-order valence-electron chi connectivity index (χ3n) is 3.80. The number of rotatable bonds is 5. The Morgan fingerprint density at radius 3 is 2.20 bits per heavy atom. The summed E-state index contributed by atoms with van der Waals surface area (Å²) in [5.41, 5.74) is 5.67. The molecule has 1 aliphatic heterocycles. The zero-order valence-electron chi connectivity index (χ0n) is 12.6. The van der Waals surface area contributed by atoms with Crippen LogP contribution in [-0.4, -0.2) is 42.4 Å². The summed E-state index contributed by atoms with van der Waals surface area (Å²) in [6.07, 6.45) is 5.01. The van der Waals surface area contributed by atoms with E-state index in [1.807, 2.05) is 11.8 Å². The fourth-order valence-corrected chi connectivity index (χ4v) is 2.17. The van der Waals surface area contributed by atoms with Crippen LogP contribution in [0.2, 0.25) is 0 Å². The highest BCUT2D eigenvalue weighted by molar-refractivity contribution is 5.85. The summed E-state index contributed by atoms with van der Waals surface area (Å²) in [4.78, 5) is 25.6. The number of nitrogens with zero attached hydrogens (tertiary/aromatic N) is 1. The predicted octanol–water partition coefficient (Wildman–Crippen LogP) is 1.30. The van der Waals surface area contributed by atoms with E-state index in [1.165, 1.54) is 12.8 Å². The van der Waals surface area contributed by atoms with E-state index < -0.39 is 0 Å². The molecule has 1 aliphatic rings. The average Bonchev–Trinajstić information content (AvgIpc) is 2.66. The molecular weight excluding hydrogens is 278 g/mol. The smallest absolute Gasteiger partial charge is 0.224 e. The number of halogens is 1. The van der Waals surface area contributed by atoms with Gasteiger partial charge in [0.2, 0.25) is 11.8 Å². The van der Waals surface area contributed by atoms with Gasteiger partial charge in [-0.2, -0.15) is 0 Å². The van der Waals surface area contributed by atoms with E-state index in [0.717, 1.165) is 25.9 Å². The monoisotopic (exact) mass is 305 g/mol. The molecule has 20 heavy (non-hydrogen) atoms. The number of carbonyl (C=O) groups is 2. The van der Waals surface area contributed by atoms with Crippen LogP contribution in [0, 0.1) is 5.92 Å². The molecule has 118 valence electrons. The van der Waals surface area contributed by atoms with Crippen molar-refractivity contribution >= 4 is 24.2 Å². The Labute approximate surface area is 128 Å². The molecule has 2 atom stereocenters. The molecule has 3 N–H and O–H groups in total. The highest BCUT2D eigenvalue weighted by Gasteiger charge is 2.18. The van der Waals surface area contributed by atoms with Crippen molar-refractivity contribution in [3.8, 4) is 0 Å². The van der Waals surface area contributed by atoms with E-state index >= 15 is 0 Å². The zero-order valence-corrected chi connectivity index (χ0v) is 13.4. The number of nitrogens with one attached hydrogen (secondary N) is 1. The summed E-state index contributed by atoms with van der Waals surface area (Å²) < 4.78 is 0. The summed E-state index contributed by atoms with van der Waals surface area (Å²) in [7, 11) is 0. The lowest BCUT2D eigenvalue weighted by Gasteiger charge is -2.21. The molecule has 0 bridgehead atoms. The van der Waals surface area contributed by atoms with E-state index in [2.05, 4.69) is 5.32 Å². The first kappa shape index (κ1) is 19.2. The number of likely N-dealkylation sites (tertiary alicyclic amines) is 1. The van der Waals surface area contributed by atoms with Gasteiger partial charge < -0.3 is 16.0 Å². The van der Waals surface area contributed by atoms with Gasteiger partial charge in [-0.25, -0.2) is 0 Å². The molecule has 1 rings (SSSR count). The number of nitrogens with two attached hydrogens (primary N) is 1. The number of hydrogen-bond acceptors (Lipinski definition) is 3. The van der Waals surface area contributed by atoms with Gasteiger partial charge >= 0.3 is 0 Å². The minimum atomic E-state index is -0.215. The Morgan fingerprint density at radius 2 is 1.70 bits per heavy atom. The van der Waals surface area contributed by atoms with Crippen LogP contribution in [0.3, 0.4) is 0 Å². The molecule has 2 amide bonds. The molecule has 6 heteroatoms. The Kier molecular flexibility index (Phi) is 9.59. The van der Waals surface area contributed by atoms with E-state index in [1.54, 1.807) is 6.92 Å². The third-order valence-corrected chi connectivity index (χ3v) is 3.80. The number of carbonyl (C=O) groups excluding carboxylic acids is 2. The molecule has 5 nitrogen and oxygen atoms in total. The second-order valence-electron chi connectivity index (χ2n) is 5.48. The molecule has 0 aromatic carbocycles. The Hall–Kier alpha value is -0.810. The lowest BCUT2D eigenvalue weighted by molar-refractivity contribution is -0.131. The van der Waals surface area contributed by atoms with Gasteiger partial charge in [-0.1, -0.05) is 19.8 Å². The third kappa shape index (κ3) is 6.57. The summed E-state index contributed by atoms with van der Waals surface area (Å²) >= 11 is 0. The first-order valence-electron chi connectivity index (χ1n) is 7.33. The van der Waals surface area contributed by atoms with Gasteiger partial charge in [0.05, 0.1) is 0 Å². The summed E-state index contributed by atoms with van der Waals surface area (Å²) in [5.74, 6) is -0.136. The fraction of sp³-hybridized carbons (Fsp3) is 0.857. The van der Waals surface area contributed by atoms with Crippen molar-refractivity contribution in [1.29, 1.82) is 0 Å². The second-order valence-corrected chi connectivity index (χ2v) is 5.48. The quantitative estimate of drug-likeness (QED) is 0.804. The number of amides is 2. The fourth-order valence-electron chi connectivity index (χ4n) is 2.17. The van der Waals surface area contributed by atoms with Gasteiger partial charge in [0.15, 0.2) is 0 Å². The minimum Gasteiger partial charge on any atom is -0.355 e. The molecule has 0 spiro atoms. The van der Waals surface area contributed by atoms with Crippen LogP contribution in [0.1, 0.15) is 46.0 Å². The van der Waals surface area contributed by atoms with Crippen LogP contribution in [-0.2, 0) is 9.59 Å². The van der Waals surface area contributed by atoms with Crippen molar-refractivity contribution < 1.29 is 9.59 Å². The molecule has 0 aliphatic carbocycles. The molecule has 1 fully saturated rings. The Morgan fingerprint density at radius 1 is 1.15 bits per heavy atom. The van der Waals surface area contributed by atoms with Gasteiger partial charge in [-0.3, -0.25) is 9.59 Å². The van der Waals surface area contributed by atoms with E-state index in [9.17, 15) is 9.59 Å². The zero-order chi connectivity index (χ0) is 14.3. The van der Waals surface area contributed by atoms with Crippen LogP contribution in [0.25, 0.3) is 0 Å². The molecule has 1 saturated heterocycles. The first-order valence-corrected chi connectivity index (χ1v) is 7.33. The molecular formula is C14H28ClN3O2. The first-order chi connectivity index (χ1) is 9.02. The van der Waals surface area contributed by atoms with Crippen molar-refractivity contribution in [2.45, 2.75) is 52.0 Å². The maximum absolute atomic E-state index is 12.0. The highest BCUT2D eigenvalue weighted by Crippen LogP contribution is 2.10. The van der Waals surface area contributed by atoms with Crippen LogP contribution in [0.15, 0.2) is 0 Å². The second kappa shape index (κ2) is 10.00. The molecule has 0 radical (unpaired) electrons. The summed E-state index contributed by atoms with van der Waals surface area (Å²) in [6, 6.07) is -0.165. The van der Waals surface area contributed by atoms with Gasteiger partial charge in [0.25, 0.3) is 0 Å². The predicted molar refractivity (Wildman–Crippen MR) is 82.7 cm³/mol. The molecule has 0 saturated carbocycles. The van der Waals surface area contributed by atoms with Crippen LogP contribution in [0.4, 0.5) is 0 Å². The van der Waals surface area contributed by atoms with Gasteiger partial charge in [0, 0.05) is 38.0 Å². The summed E-state index contributed by atoms with van der Waals surface area (Å²) in [5, 5.41) is 2.78. The van der Waals surface area contributed by atoms with Gasteiger partial charge in [-0.05, 0) is 19.8 Å². The van der Waals surface area contributed by atoms with Crippen molar-refractivity contribution in [1.82, 2.24) is 10.2 Å². The topological polar surface area (TPSA) is 75.4 Å². The largest absolute Gasteiger partial charge is 0.355 e. The van der Waals surface area contributed by atoms with Gasteiger partial charge in [0.1, 0.15) is 0 Å². The summed E-state index contributed by atoms with van der Waals surface area (Å²) in [6.45, 7) is 5.75. The van der Waals surface area contributed by atoms with Crippen LogP contribution >= 0.6 is 12.4 Å². The lowest BCUT2D eigenvalue weighted by atomic mass is 10.0. The maximum atomic E-state index is 12.0. The van der Waals surface area contributed by atoms with Crippen molar-refractivity contribution in [3.63, 3.8) is 0 Å². The van der Waals surface area contributed by atoms with Crippen LogP contribution < -0.4 is 11.1 Å². The van der Waals surface area contributed by atoms with Crippen molar-refractivity contribution in [2.75, 3.05) is 19.6 Å². The molecule has 0 aromatic rings. The van der Waals surface area contributed by atoms with Crippen molar-refractivity contribution in [2.24, 2.45) is 11.7 Å². The molecule has 1 heterocycles. The normalized spacial score (nSPS) is 18.4. The standard InChI is InChI=1S/C14H27N3O2.ClH/c1-11(12(2)15)14(19)16-8-7-13(18)17-9-5-3-4-6-10-17;/h11-12H,3-10,15H2,1-2H3,(H,16,19);1H. The van der Waals surface area contributed by atoms with E-state index in [0.29, 0.717) is 13.0 Å². The molecule has 2 unspecified atom stereocenters. The van der Waals surface area contributed by atoms with Gasteiger partial charge in [-0.15, -0.1) is 12.4 Å². The lowest BCUT2D eigenvalue weighted by Crippen LogP contribution is -2.40. The van der Waals surface area contributed by atoms with E-state index in [-0.39, 0.29) is 36.2 Å². The Balaban J connectivity index is 0.00000361. The Bertz CT molecular complexity index is 303. The van der Waals surface area contributed by atoms with E-state index in [4.69, 9.17) is 5.73 Å². The maximum Gasteiger partial charge on any atom is 0.224 e. The SMILES string of the molecule is CC(N)C(C)C(=O)NCCC(=O)N1CCCCCC1.Cl. The molecule has 0 aromatic heterocycles. The minimum absolute atomic E-state index is 0. The number of hydrogen-bond donors (Lipinski definition) is 2. The average molecular weight is 306 g/mol. The van der Waals surface area contributed by atoms with Crippen LogP contribution in [0.5, 0.6) is 0 Å².